The minimum absolute atomic E-state index is 0.0103. The molecule has 0 saturated carbocycles. The molecule has 1 unspecified atom stereocenters. The molecule has 1 aliphatic rings. The maximum Gasteiger partial charge on any atom is 0.481 e. The summed E-state index contributed by atoms with van der Waals surface area (Å²) in [4.78, 5) is 34.6. The van der Waals surface area contributed by atoms with Crippen LogP contribution in [-0.2, 0) is 22.7 Å². The van der Waals surface area contributed by atoms with Crippen LogP contribution in [-0.4, -0.2) is 41.9 Å². The molecule has 144 valence electrons. The van der Waals surface area contributed by atoms with Crippen molar-refractivity contribution in [3.63, 3.8) is 0 Å². The summed E-state index contributed by atoms with van der Waals surface area (Å²) in [5.41, 5.74) is 6.41. The van der Waals surface area contributed by atoms with Gasteiger partial charge in [0.05, 0.1) is 18.1 Å². The number of nitrogen functional groups attached to an aromatic ring is 1. The van der Waals surface area contributed by atoms with Crippen LogP contribution in [0, 0.1) is 5.92 Å². The molecule has 0 aromatic carbocycles. The number of fused-ring (bicyclic) bond motifs is 1. The summed E-state index contributed by atoms with van der Waals surface area (Å²) in [5, 5.41) is 0.679. The second-order valence-corrected chi connectivity index (χ2v) is 8.75. The van der Waals surface area contributed by atoms with Gasteiger partial charge in [0.2, 0.25) is 0 Å². The molecule has 0 radical (unpaired) electrons. The summed E-state index contributed by atoms with van der Waals surface area (Å²) in [6.07, 6.45) is 2.59. The Labute approximate surface area is 147 Å². The maximum absolute atomic E-state index is 11.5. The molecule has 0 aliphatic carbocycles. The third kappa shape index (κ3) is 4.30. The number of ether oxygens (including phenoxy) is 1. The van der Waals surface area contributed by atoms with Crippen LogP contribution < -0.4 is 5.73 Å². The van der Waals surface area contributed by atoms with E-state index in [-0.39, 0.29) is 12.5 Å². The van der Waals surface area contributed by atoms with Gasteiger partial charge in [-0.05, 0) is 12.5 Å². The number of aromatic nitrogens is 3. The van der Waals surface area contributed by atoms with Gasteiger partial charge in [-0.25, -0.2) is 19.1 Å². The lowest BCUT2D eigenvalue weighted by molar-refractivity contribution is -0.0288. The lowest BCUT2D eigenvalue weighted by atomic mass is 10.1. The molecule has 2 aromatic heterocycles. The van der Waals surface area contributed by atoms with E-state index in [1.54, 1.807) is 16.8 Å². The monoisotopic (exact) mass is 408 g/mol. The molecular weight excluding hydrogens is 390 g/mol. The van der Waals surface area contributed by atoms with Crippen molar-refractivity contribution in [1.82, 2.24) is 14.5 Å². The smallest absolute Gasteiger partial charge is 0.383 e. The van der Waals surface area contributed by atoms with Crippen molar-refractivity contribution < 1.29 is 37.4 Å². The Morgan fingerprint density at radius 3 is 2.81 bits per heavy atom. The SMILES string of the molecule is C[C@H]1C[C@@H](COP(=O)(O)OP(=O)(O)O)O[C@H]1n1ccc2c(N)ncnc21. The normalized spacial score (nSPS) is 26.2. The first-order chi connectivity index (χ1) is 12.1. The third-order valence-electron chi connectivity index (χ3n) is 3.90. The maximum atomic E-state index is 11.5. The van der Waals surface area contributed by atoms with Gasteiger partial charge in [-0.3, -0.25) is 4.52 Å². The fraction of sp³-hybridized carbons (Fsp3) is 0.500. The highest BCUT2D eigenvalue weighted by atomic mass is 31.3. The molecule has 14 heteroatoms. The van der Waals surface area contributed by atoms with Crippen LogP contribution in [0.1, 0.15) is 19.6 Å². The number of nitrogens with two attached hydrogens (primary N) is 1. The zero-order valence-corrected chi connectivity index (χ0v) is 15.4. The van der Waals surface area contributed by atoms with Crippen LogP contribution in [0.25, 0.3) is 11.0 Å². The molecule has 0 amide bonds. The van der Waals surface area contributed by atoms with Gasteiger partial charge in [0.15, 0.2) is 0 Å². The van der Waals surface area contributed by atoms with Crippen molar-refractivity contribution in [3.05, 3.63) is 18.6 Å². The minimum atomic E-state index is -5.15. The molecule has 1 fully saturated rings. The molecule has 5 N–H and O–H groups in total. The molecule has 3 heterocycles. The first-order valence-corrected chi connectivity index (χ1v) is 10.5. The standard InChI is InChI=1S/C12H18N4O8P2/c1-7-4-8(5-22-26(20,21)24-25(17,18)19)23-12(7)16-3-2-9-10(13)14-6-15-11(9)16/h2-3,6-8,12H,4-5H2,1H3,(H,20,21)(H2,13,14,15)(H2,17,18,19)/t7-,8-,12+/m0/s1. The van der Waals surface area contributed by atoms with Gasteiger partial charge in [0.25, 0.3) is 0 Å². The van der Waals surface area contributed by atoms with Gasteiger partial charge in [-0.1, -0.05) is 6.92 Å². The van der Waals surface area contributed by atoms with Gasteiger partial charge in [-0.15, -0.1) is 0 Å². The quantitative estimate of drug-likeness (QED) is 0.504. The Hall–Kier alpha value is -1.36. The van der Waals surface area contributed by atoms with E-state index in [1.807, 2.05) is 6.92 Å². The second kappa shape index (κ2) is 6.99. The average molecular weight is 408 g/mol. The van der Waals surface area contributed by atoms with E-state index < -0.39 is 28.0 Å². The Morgan fingerprint density at radius 1 is 1.38 bits per heavy atom. The van der Waals surface area contributed by atoms with Crippen LogP contribution in [0.3, 0.4) is 0 Å². The van der Waals surface area contributed by atoms with E-state index in [2.05, 4.69) is 18.8 Å². The average Bonchev–Trinajstić information content (AvgIpc) is 3.07. The minimum Gasteiger partial charge on any atom is -0.383 e. The molecule has 12 nitrogen and oxygen atoms in total. The lowest BCUT2D eigenvalue weighted by Crippen LogP contribution is -2.17. The summed E-state index contributed by atoms with van der Waals surface area (Å²) < 4.78 is 38.2. The first-order valence-electron chi connectivity index (χ1n) is 7.52. The molecule has 3 rings (SSSR count). The summed E-state index contributed by atoms with van der Waals surface area (Å²) >= 11 is 0. The highest BCUT2D eigenvalue weighted by Gasteiger charge is 2.38. The van der Waals surface area contributed by atoms with Crippen molar-refractivity contribution in [3.8, 4) is 0 Å². The van der Waals surface area contributed by atoms with E-state index in [4.69, 9.17) is 20.3 Å². The fourth-order valence-corrected chi connectivity index (χ4v) is 4.51. The van der Waals surface area contributed by atoms with Crippen molar-refractivity contribution >= 4 is 32.5 Å². The van der Waals surface area contributed by atoms with E-state index in [0.29, 0.717) is 23.3 Å². The van der Waals surface area contributed by atoms with Gasteiger partial charge < -0.3 is 29.7 Å². The summed E-state index contributed by atoms with van der Waals surface area (Å²) in [6, 6.07) is 1.76. The lowest BCUT2D eigenvalue weighted by Gasteiger charge is -2.19. The van der Waals surface area contributed by atoms with E-state index >= 15 is 0 Å². The fourth-order valence-electron chi connectivity index (χ4n) is 2.90. The molecule has 4 atom stereocenters. The van der Waals surface area contributed by atoms with E-state index in [0.717, 1.165) is 0 Å². The van der Waals surface area contributed by atoms with Crippen molar-refractivity contribution in [2.45, 2.75) is 25.7 Å². The van der Waals surface area contributed by atoms with Crippen molar-refractivity contribution in [1.29, 1.82) is 0 Å². The highest BCUT2D eigenvalue weighted by molar-refractivity contribution is 7.60. The van der Waals surface area contributed by atoms with Gasteiger partial charge in [-0.2, -0.15) is 4.31 Å². The largest absolute Gasteiger partial charge is 0.481 e. The third-order valence-corrected chi connectivity index (χ3v) is 6.05. The van der Waals surface area contributed by atoms with Crippen molar-refractivity contribution in [2.24, 2.45) is 5.92 Å². The van der Waals surface area contributed by atoms with Gasteiger partial charge in [0.1, 0.15) is 24.0 Å². The number of nitrogens with zero attached hydrogens (tertiary/aromatic N) is 3. The highest BCUT2D eigenvalue weighted by Crippen LogP contribution is 2.57. The van der Waals surface area contributed by atoms with Crippen LogP contribution >= 0.6 is 15.6 Å². The molecule has 0 bridgehead atoms. The predicted molar refractivity (Wildman–Crippen MR) is 88.5 cm³/mol. The zero-order valence-electron chi connectivity index (χ0n) is 13.6. The molecule has 0 spiro atoms. The van der Waals surface area contributed by atoms with Gasteiger partial charge >= 0.3 is 15.6 Å². The molecule has 2 aromatic rings. The van der Waals surface area contributed by atoms with Crippen LogP contribution in [0.4, 0.5) is 5.82 Å². The Bertz CT molecular complexity index is 898. The molecule has 26 heavy (non-hydrogen) atoms. The first kappa shape index (κ1) is 19.4. The number of hydrogen-bond donors (Lipinski definition) is 4. The number of hydrogen-bond acceptors (Lipinski definition) is 8. The summed E-state index contributed by atoms with van der Waals surface area (Å²) in [7, 11) is -10.1. The summed E-state index contributed by atoms with van der Waals surface area (Å²) in [5.74, 6) is 0.353. The number of rotatable bonds is 6. The van der Waals surface area contributed by atoms with E-state index in [9.17, 15) is 14.0 Å². The van der Waals surface area contributed by atoms with Crippen molar-refractivity contribution in [2.75, 3.05) is 12.3 Å². The van der Waals surface area contributed by atoms with Crippen LogP contribution in [0.15, 0.2) is 18.6 Å². The number of anilines is 1. The zero-order chi connectivity index (χ0) is 19.1. The number of phosphoric ester groups is 1. The second-order valence-electron chi connectivity index (χ2n) is 5.92. The Kier molecular flexibility index (Phi) is 5.22. The number of phosphoric acid groups is 2. The van der Waals surface area contributed by atoms with Gasteiger partial charge in [0, 0.05) is 12.1 Å². The summed E-state index contributed by atoms with van der Waals surface area (Å²) in [6.45, 7) is 1.55. The predicted octanol–water partition coefficient (Wildman–Crippen LogP) is 1.16. The topological polar surface area (TPSA) is 179 Å². The van der Waals surface area contributed by atoms with Crippen LogP contribution in [0.2, 0.25) is 0 Å². The molecule has 1 aliphatic heterocycles. The molecule has 1 saturated heterocycles. The Balaban J connectivity index is 1.69. The van der Waals surface area contributed by atoms with Crippen LogP contribution in [0.5, 0.6) is 0 Å². The Morgan fingerprint density at radius 2 is 2.12 bits per heavy atom. The van der Waals surface area contributed by atoms with E-state index in [1.165, 1.54) is 6.33 Å². The molecular formula is C12H18N4O8P2.